The summed E-state index contributed by atoms with van der Waals surface area (Å²) in [5, 5.41) is 0.910. The van der Waals surface area contributed by atoms with Gasteiger partial charge in [0.1, 0.15) is 5.75 Å². The third-order valence-electron chi connectivity index (χ3n) is 3.28. The Morgan fingerprint density at radius 2 is 1.90 bits per heavy atom. The van der Waals surface area contributed by atoms with E-state index in [2.05, 4.69) is 22.9 Å². The van der Waals surface area contributed by atoms with Crippen LogP contribution in [-0.4, -0.2) is 35.3 Å². The van der Waals surface area contributed by atoms with Crippen molar-refractivity contribution in [2.24, 2.45) is 0 Å². The molecule has 1 rings (SSSR count). The Morgan fingerprint density at radius 1 is 1.24 bits per heavy atom. The fourth-order valence-electron chi connectivity index (χ4n) is 2.02. The summed E-state index contributed by atoms with van der Waals surface area (Å²) in [6.45, 7) is 7.74. The van der Waals surface area contributed by atoms with Crippen molar-refractivity contribution in [3.63, 3.8) is 0 Å². The van der Waals surface area contributed by atoms with Crippen molar-refractivity contribution >= 4 is 21.8 Å². The average Bonchev–Trinajstić information content (AvgIpc) is 2.48. The standard InChI is InChI=1S/C17H26BrNO2/c1-4-5-13-21-16-9-7-15(8-10-16)17(20)19(14(2)3)12-6-11-18/h7-10,14H,4-6,11-13H2,1-3H3. The first-order chi connectivity index (χ1) is 10.1. The van der Waals surface area contributed by atoms with Crippen molar-refractivity contribution in [3.8, 4) is 5.75 Å². The molecule has 21 heavy (non-hydrogen) atoms. The zero-order chi connectivity index (χ0) is 15.7. The van der Waals surface area contributed by atoms with Gasteiger partial charge >= 0.3 is 0 Å². The van der Waals surface area contributed by atoms with Gasteiger partial charge in [-0.15, -0.1) is 0 Å². The molecule has 0 N–H and O–H groups in total. The highest BCUT2D eigenvalue weighted by Gasteiger charge is 2.18. The number of benzene rings is 1. The Hall–Kier alpha value is -1.03. The molecule has 1 amide bonds. The predicted molar refractivity (Wildman–Crippen MR) is 91.4 cm³/mol. The van der Waals surface area contributed by atoms with Crippen molar-refractivity contribution < 1.29 is 9.53 Å². The number of rotatable bonds is 9. The fourth-order valence-corrected chi connectivity index (χ4v) is 2.27. The van der Waals surface area contributed by atoms with Crippen LogP contribution >= 0.6 is 15.9 Å². The molecule has 1 aromatic rings. The van der Waals surface area contributed by atoms with Crippen molar-refractivity contribution in [1.29, 1.82) is 0 Å². The molecular weight excluding hydrogens is 330 g/mol. The van der Waals surface area contributed by atoms with E-state index in [4.69, 9.17) is 4.74 Å². The molecule has 0 unspecified atom stereocenters. The zero-order valence-corrected chi connectivity index (χ0v) is 14.9. The van der Waals surface area contributed by atoms with Crippen LogP contribution in [0.3, 0.4) is 0 Å². The maximum absolute atomic E-state index is 12.5. The van der Waals surface area contributed by atoms with E-state index in [0.29, 0.717) is 0 Å². The fraction of sp³-hybridized carbons (Fsp3) is 0.588. The molecule has 0 saturated heterocycles. The van der Waals surface area contributed by atoms with Crippen LogP contribution in [0.2, 0.25) is 0 Å². The first kappa shape index (κ1) is 18.0. The van der Waals surface area contributed by atoms with Crippen LogP contribution in [-0.2, 0) is 0 Å². The SMILES string of the molecule is CCCCOc1ccc(C(=O)N(CCCBr)C(C)C)cc1. The van der Waals surface area contributed by atoms with E-state index >= 15 is 0 Å². The second-order valence-electron chi connectivity index (χ2n) is 5.36. The lowest BCUT2D eigenvalue weighted by Crippen LogP contribution is -2.37. The van der Waals surface area contributed by atoms with E-state index in [1.54, 1.807) is 0 Å². The molecular formula is C17H26BrNO2. The highest BCUT2D eigenvalue weighted by atomic mass is 79.9. The quantitative estimate of drug-likeness (QED) is 0.482. The molecule has 0 radical (unpaired) electrons. The lowest BCUT2D eigenvalue weighted by Gasteiger charge is -2.26. The molecule has 0 aliphatic carbocycles. The van der Waals surface area contributed by atoms with E-state index in [-0.39, 0.29) is 11.9 Å². The monoisotopic (exact) mass is 355 g/mol. The molecule has 118 valence electrons. The highest BCUT2D eigenvalue weighted by Crippen LogP contribution is 2.16. The molecule has 0 atom stereocenters. The Kier molecular flexibility index (Phi) is 8.43. The Balaban J connectivity index is 2.67. The largest absolute Gasteiger partial charge is 0.494 e. The molecule has 0 aliphatic rings. The average molecular weight is 356 g/mol. The van der Waals surface area contributed by atoms with Gasteiger partial charge in [0.05, 0.1) is 6.61 Å². The van der Waals surface area contributed by atoms with Gasteiger partial charge in [-0.2, -0.15) is 0 Å². The molecule has 0 fully saturated rings. The van der Waals surface area contributed by atoms with Crippen LogP contribution in [0.4, 0.5) is 0 Å². The lowest BCUT2D eigenvalue weighted by atomic mass is 10.1. The lowest BCUT2D eigenvalue weighted by molar-refractivity contribution is 0.0706. The molecule has 1 aromatic carbocycles. The third-order valence-corrected chi connectivity index (χ3v) is 3.85. The van der Waals surface area contributed by atoms with Crippen LogP contribution in [0.15, 0.2) is 24.3 Å². The van der Waals surface area contributed by atoms with Crippen LogP contribution in [0, 0.1) is 0 Å². The summed E-state index contributed by atoms with van der Waals surface area (Å²) in [6, 6.07) is 7.68. The van der Waals surface area contributed by atoms with Crippen LogP contribution in [0.1, 0.15) is 50.4 Å². The minimum atomic E-state index is 0.0889. The molecule has 0 heterocycles. The van der Waals surface area contributed by atoms with Gasteiger partial charge in [-0.25, -0.2) is 0 Å². The molecule has 0 saturated carbocycles. The van der Waals surface area contributed by atoms with Gasteiger partial charge in [-0.05, 0) is 51.0 Å². The number of carbonyl (C=O) groups is 1. The van der Waals surface area contributed by atoms with E-state index < -0.39 is 0 Å². The first-order valence-electron chi connectivity index (χ1n) is 7.70. The maximum atomic E-state index is 12.5. The number of amides is 1. The summed E-state index contributed by atoms with van der Waals surface area (Å²) < 4.78 is 5.62. The summed E-state index contributed by atoms with van der Waals surface area (Å²) in [5.74, 6) is 0.919. The molecule has 0 spiro atoms. The molecule has 0 bridgehead atoms. The Labute approximate surface area is 136 Å². The summed E-state index contributed by atoms with van der Waals surface area (Å²) in [5.41, 5.74) is 0.723. The normalized spacial score (nSPS) is 10.7. The Bertz CT molecular complexity index is 417. The van der Waals surface area contributed by atoms with Crippen molar-refractivity contribution in [2.75, 3.05) is 18.5 Å². The number of hydrogen-bond donors (Lipinski definition) is 0. The first-order valence-corrected chi connectivity index (χ1v) is 8.82. The summed E-state index contributed by atoms with van der Waals surface area (Å²) >= 11 is 3.42. The smallest absolute Gasteiger partial charge is 0.254 e. The molecule has 0 aromatic heterocycles. The number of nitrogens with zero attached hydrogens (tertiary/aromatic N) is 1. The predicted octanol–water partition coefficient (Wildman–Crippen LogP) is 4.50. The summed E-state index contributed by atoms with van der Waals surface area (Å²) in [6.07, 6.45) is 3.13. The van der Waals surface area contributed by atoms with Crippen molar-refractivity contribution in [2.45, 2.75) is 46.1 Å². The second-order valence-corrected chi connectivity index (χ2v) is 6.15. The van der Waals surface area contributed by atoms with Gasteiger partial charge in [0.15, 0.2) is 0 Å². The highest BCUT2D eigenvalue weighted by molar-refractivity contribution is 9.09. The Morgan fingerprint density at radius 3 is 2.43 bits per heavy atom. The van der Waals surface area contributed by atoms with Gasteiger partial charge in [-0.1, -0.05) is 29.3 Å². The van der Waals surface area contributed by atoms with E-state index in [9.17, 15) is 4.79 Å². The number of unbranched alkanes of at least 4 members (excludes halogenated alkanes) is 1. The van der Waals surface area contributed by atoms with Crippen LogP contribution in [0.25, 0.3) is 0 Å². The number of carbonyl (C=O) groups excluding carboxylic acids is 1. The number of ether oxygens (including phenoxy) is 1. The van der Waals surface area contributed by atoms with Gasteiger partial charge in [0, 0.05) is 23.5 Å². The van der Waals surface area contributed by atoms with E-state index in [1.807, 2.05) is 43.0 Å². The number of hydrogen-bond acceptors (Lipinski definition) is 2. The van der Waals surface area contributed by atoms with Gasteiger partial charge < -0.3 is 9.64 Å². The topological polar surface area (TPSA) is 29.5 Å². The second kappa shape index (κ2) is 9.82. The van der Waals surface area contributed by atoms with Crippen LogP contribution in [0.5, 0.6) is 5.75 Å². The van der Waals surface area contributed by atoms with Crippen LogP contribution < -0.4 is 4.74 Å². The maximum Gasteiger partial charge on any atom is 0.254 e. The third kappa shape index (κ3) is 6.08. The molecule has 4 heteroatoms. The summed E-state index contributed by atoms with van der Waals surface area (Å²) in [4.78, 5) is 14.4. The minimum absolute atomic E-state index is 0.0889. The molecule has 0 aliphatic heterocycles. The minimum Gasteiger partial charge on any atom is -0.494 e. The van der Waals surface area contributed by atoms with E-state index in [0.717, 1.165) is 49.1 Å². The summed E-state index contributed by atoms with van der Waals surface area (Å²) in [7, 11) is 0. The van der Waals surface area contributed by atoms with Gasteiger partial charge in [0.2, 0.25) is 0 Å². The number of alkyl halides is 1. The van der Waals surface area contributed by atoms with Gasteiger partial charge in [-0.3, -0.25) is 4.79 Å². The number of halogens is 1. The van der Waals surface area contributed by atoms with Crippen molar-refractivity contribution in [1.82, 2.24) is 4.90 Å². The zero-order valence-electron chi connectivity index (χ0n) is 13.3. The molecule has 3 nitrogen and oxygen atoms in total. The van der Waals surface area contributed by atoms with E-state index in [1.165, 1.54) is 0 Å². The van der Waals surface area contributed by atoms with Gasteiger partial charge in [0.25, 0.3) is 5.91 Å². The van der Waals surface area contributed by atoms with Crippen molar-refractivity contribution in [3.05, 3.63) is 29.8 Å².